The predicted octanol–water partition coefficient (Wildman–Crippen LogP) is 2.52. The Morgan fingerprint density at radius 1 is 1.17 bits per heavy atom. The van der Waals surface area contributed by atoms with E-state index in [-0.39, 0.29) is 29.8 Å². The molecule has 2 N–H and O–H groups in total. The predicted molar refractivity (Wildman–Crippen MR) is 106 cm³/mol. The molecule has 0 saturated heterocycles. The quantitative estimate of drug-likeness (QED) is 0.391. The van der Waals surface area contributed by atoms with E-state index in [4.69, 9.17) is 0 Å². The molecule has 5 nitrogen and oxygen atoms in total. The van der Waals surface area contributed by atoms with Gasteiger partial charge in [0.05, 0.1) is 6.20 Å². The highest BCUT2D eigenvalue weighted by Crippen LogP contribution is 2.03. The second-order valence-corrected chi connectivity index (χ2v) is 5.34. The van der Waals surface area contributed by atoms with Crippen LogP contribution in [-0.4, -0.2) is 35.4 Å². The molecule has 7 heteroatoms. The number of aliphatic imine (C=N–C) groups is 1. The maximum absolute atomic E-state index is 12.9. The molecule has 0 bridgehead atoms. The Balaban J connectivity index is 0.00000288. The van der Waals surface area contributed by atoms with Crippen LogP contribution in [0.25, 0.3) is 0 Å². The zero-order chi connectivity index (χ0) is 16.5. The smallest absolute Gasteiger partial charge is 0.191 e. The first kappa shape index (κ1) is 20.4. The Morgan fingerprint density at radius 2 is 1.92 bits per heavy atom. The molecule has 2 aromatic rings. The molecular formula is C17H25FIN5. The molecule has 132 valence electrons. The monoisotopic (exact) mass is 445 g/mol. The fraction of sp³-hybridized carbons (Fsp3) is 0.412. The van der Waals surface area contributed by atoms with Crippen LogP contribution in [0.1, 0.15) is 18.1 Å². The van der Waals surface area contributed by atoms with Crippen LogP contribution in [0.4, 0.5) is 4.39 Å². The van der Waals surface area contributed by atoms with Crippen LogP contribution < -0.4 is 10.6 Å². The van der Waals surface area contributed by atoms with Crippen molar-refractivity contribution in [3.8, 4) is 0 Å². The van der Waals surface area contributed by atoms with Crippen LogP contribution in [0.15, 0.2) is 41.7 Å². The zero-order valence-electron chi connectivity index (χ0n) is 14.1. The largest absolute Gasteiger partial charge is 0.357 e. The van der Waals surface area contributed by atoms with E-state index in [1.165, 1.54) is 17.7 Å². The van der Waals surface area contributed by atoms with Gasteiger partial charge in [-0.2, -0.15) is 5.10 Å². The number of guanidine groups is 1. The summed E-state index contributed by atoms with van der Waals surface area (Å²) in [4.78, 5) is 4.55. The number of nitrogens with one attached hydrogen (secondary N) is 2. The van der Waals surface area contributed by atoms with Crippen molar-refractivity contribution in [1.29, 1.82) is 0 Å². The highest BCUT2D eigenvalue weighted by Gasteiger charge is 2.00. The number of rotatable bonds is 7. The SMILES string of the molecule is CCNC(=NCCc1ccc(F)cc1)NCCc1cnn(C)c1.I. The van der Waals surface area contributed by atoms with Gasteiger partial charge in [0.2, 0.25) is 0 Å². The molecule has 24 heavy (non-hydrogen) atoms. The van der Waals surface area contributed by atoms with Crippen molar-refractivity contribution >= 4 is 29.9 Å². The van der Waals surface area contributed by atoms with Gasteiger partial charge in [0.1, 0.15) is 5.82 Å². The summed E-state index contributed by atoms with van der Waals surface area (Å²) in [5, 5.41) is 10.7. The standard InChI is InChI=1S/C17H24FN5.HI/c1-3-19-17(21-11-9-15-12-22-23(2)13-15)20-10-8-14-4-6-16(18)7-5-14;/h4-7,12-13H,3,8-11H2,1-2H3,(H2,19,20,21);1H. The van der Waals surface area contributed by atoms with E-state index < -0.39 is 0 Å². The van der Waals surface area contributed by atoms with Crippen molar-refractivity contribution < 1.29 is 4.39 Å². The maximum Gasteiger partial charge on any atom is 0.191 e. The average Bonchev–Trinajstić information content (AvgIpc) is 2.95. The van der Waals surface area contributed by atoms with E-state index in [1.54, 1.807) is 16.8 Å². The van der Waals surface area contributed by atoms with Crippen molar-refractivity contribution in [1.82, 2.24) is 20.4 Å². The number of benzene rings is 1. The minimum absolute atomic E-state index is 0. The van der Waals surface area contributed by atoms with Crippen molar-refractivity contribution in [2.45, 2.75) is 19.8 Å². The number of hydrogen-bond acceptors (Lipinski definition) is 2. The Kier molecular flexibility index (Phi) is 9.36. The summed E-state index contributed by atoms with van der Waals surface area (Å²) in [7, 11) is 1.91. The second-order valence-electron chi connectivity index (χ2n) is 5.34. The van der Waals surface area contributed by atoms with Crippen molar-refractivity contribution in [2.75, 3.05) is 19.6 Å². The van der Waals surface area contributed by atoms with Crippen LogP contribution in [0.3, 0.4) is 0 Å². The lowest BCUT2D eigenvalue weighted by Crippen LogP contribution is -2.38. The average molecular weight is 445 g/mol. The molecule has 0 aliphatic heterocycles. The Morgan fingerprint density at radius 3 is 2.54 bits per heavy atom. The Hall–Kier alpha value is -1.64. The number of nitrogens with zero attached hydrogens (tertiary/aromatic N) is 3. The lowest BCUT2D eigenvalue weighted by Gasteiger charge is -2.10. The van der Waals surface area contributed by atoms with E-state index in [2.05, 4.69) is 20.7 Å². The summed E-state index contributed by atoms with van der Waals surface area (Å²) in [5.41, 5.74) is 2.28. The number of aryl methyl sites for hydroxylation is 1. The number of aromatic nitrogens is 2. The first-order valence-corrected chi connectivity index (χ1v) is 7.91. The molecule has 0 saturated carbocycles. The van der Waals surface area contributed by atoms with Crippen molar-refractivity contribution in [3.05, 3.63) is 53.6 Å². The molecule has 1 aromatic heterocycles. The molecule has 2 rings (SSSR count). The van der Waals surface area contributed by atoms with Crippen molar-refractivity contribution in [2.24, 2.45) is 12.0 Å². The van der Waals surface area contributed by atoms with Gasteiger partial charge in [-0.3, -0.25) is 9.67 Å². The van der Waals surface area contributed by atoms with Gasteiger partial charge in [0.25, 0.3) is 0 Å². The van der Waals surface area contributed by atoms with Gasteiger partial charge in [-0.25, -0.2) is 4.39 Å². The minimum atomic E-state index is -0.206. The van der Waals surface area contributed by atoms with Crippen LogP contribution in [0.2, 0.25) is 0 Å². The van der Waals surface area contributed by atoms with E-state index in [9.17, 15) is 4.39 Å². The molecule has 0 atom stereocenters. The Labute approximate surface area is 159 Å². The summed E-state index contributed by atoms with van der Waals surface area (Å²) in [5.74, 6) is 0.598. The molecule has 0 spiro atoms. The van der Waals surface area contributed by atoms with Gasteiger partial charge >= 0.3 is 0 Å². The lowest BCUT2D eigenvalue weighted by molar-refractivity contribution is 0.627. The van der Waals surface area contributed by atoms with Crippen LogP contribution in [0, 0.1) is 5.82 Å². The molecular weight excluding hydrogens is 420 g/mol. The third kappa shape index (κ3) is 7.29. The Bertz CT molecular complexity index is 624. The van der Waals surface area contributed by atoms with Crippen LogP contribution in [-0.2, 0) is 19.9 Å². The molecule has 0 fully saturated rings. The third-order valence-electron chi connectivity index (χ3n) is 3.39. The molecule has 0 unspecified atom stereocenters. The zero-order valence-corrected chi connectivity index (χ0v) is 16.5. The van der Waals surface area contributed by atoms with E-state index in [0.717, 1.165) is 37.5 Å². The first-order valence-electron chi connectivity index (χ1n) is 7.91. The summed E-state index contributed by atoms with van der Waals surface area (Å²) < 4.78 is 14.7. The summed E-state index contributed by atoms with van der Waals surface area (Å²) >= 11 is 0. The van der Waals surface area contributed by atoms with Gasteiger partial charge in [0, 0.05) is 32.9 Å². The maximum atomic E-state index is 12.9. The topological polar surface area (TPSA) is 54.2 Å². The fourth-order valence-electron chi connectivity index (χ4n) is 2.22. The molecule has 1 aromatic carbocycles. The molecule has 0 amide bonds. The second kappa shape index (κ2) is 11.0. The van der Waals surface area contributed by atoms with Gasteiger partial charge in [-0.1, -0.05) is 12.1 Å². The molecule has 0 aliphatic carbocycles. The van der Waals surface area contributed by atoms with Gasteiger partial charge in [0.15, 0.2) is 5.96 Å². The van der Waals surface area contributed by atoms with E-state index in [0.29, 0.717) is 6.54 Å². The van der Waals surface area contributed by atoms with E-state index >= 15 is 0 Å². The van der Waals surface area contributed by atoms with E-state index in [1.807, 2.05) is 26.4 Å². The fourth-order valence-corrected chi connectivity index (χ4v) is 2.22. The number of halogens is 2. The summed E-state index contributed by atoms with van der Waals surface area (Å²) in [6.07, 6.45) is 5.58. The van der Waals surface area contributed by atoms with Gasteiger partial charge in [-0.15, -0.1) is 24.0 Å². The van der Waals surface area contributed by atoms with Crippen LogP contribution in [0.5, 0.6) is 0 Å². The summed E-state index contributed by atoms with van der Waals surface area (Å²) in [6, 6.07) is 6.56. The lowest BCUT2D eigenvalue weighted by atomic mass is 10.1. The third-order valence-corrected chi connectivity index (χ3v) is 3.39. The van der Waals surface area contributed by atoms with Gasteiger partial charge < -0.3 is 10.6 Å². The molecule has 1 heterocycles. The van der Waals surface area contributed by atoms with Crippen molar-refractivity contribution in [3.63, 3.8) is 0 Å². The molecule has 0 radical (unpaired) electrons. The highest BCUT2D eigenvalue weighted by molar-refractivity contribution is 14.0. The first-order chi connectivity index (χ1) is 11.2. The number of hydrogen-bond donors (Lipinski definition) is 2. The highest BCUT2D eigenvalue weighted by atomic mass is 127. The summed E-state index contributed by atoms with van der Waals surface area (Å²) in [6.45, 7) is 4.31. The van der Waals surface area contributed by atoms with Gasteiger partial charge in [-0.05, 0) is 43.0 Å². The van der Waals surface area contributed by atoms with Crippen LogP contribution >= 0.6 is 24.0 Å². The minimum Gasteiger partial charge on any atom is -0.357 e. The normalized spacial score (nSPS) is 11.0. The molecule has 0 aliphatic rings.